The number of hydrazine groups is 1. The van der Waals surface area contributed by atoms with E-state index in [4.69, 9.17) is 0 Å². The van der Waals surface area contributed by atoms with Gasteiger partial charge in [-0.25, -0.2) is 0 Å². The smallest absolute Gasteiger partial charge is 0.0945 e. The van der Waals surface area contributed by atoms with Gasteiger partial charge in [-0.3, -0.25) is 5.01 Å². The molecule has 2 aromatic rings. The summed E-state index contributed by atoms with van der Waals surface area (Å²) < 4.78 is 0. The van der Waals surface area contributed by atoms with Gasteiger partial charge in [0, 0.05) is 12.4 Å². The van der Waals surface area contributed by atoms with Gasteiger partial charge in [0.25, 0.3) is 0 Å². The van der Waals surface area contributed by atoms with Crippen LogP contribution in [0.2, 0.25) is 0 Å². The molecule has 1 aliphatic rings. The fourth-order valence-corrected chi connectivity index (χ4v) is 6.28. The van der Waals surface area contributed by atoms with Crippen molar-refractivity contribution in [3.05, 3.63) is 89.3 Å². The zero-order valence-corrected chi connectivity index (χ0v) is 28.0. The van der Waals surface area contributed by atoms with Gasteiger partial charge < -0.3 is 5.43 Å². The molecule has 1 N–H and O–H groups in total. The molecular formula is C41H64N2. The van der Waals surface area contributed by atoms with E-state index in [-0.39, 0.29) is 6.04 Å². The van der Waals surface area contributed by atoms with Crippen LogP contribution in [0.1, 0.15) is 171 Å². The van der Waals surface area contributed by atoms with Crippen LogP contribution in [0.15, 0.2) is 67.0 Å². The van der Waals surface area contributed by atoms with Gasteiger partial charge in [0.2, 0.25) is 0 Å². The second-order valence-corrected chi connectivity index (χ2v) is 13.0. The number of nitrogens with one attached hydrogen (secondary N) is 1. The number of aryl methyl sites for hydroxylation is 2. The Morgan fingerprint density at radius 3 is 1.42 bits per heavy atom. The van der Waals surface area contributed by atoms with Gasteiger partial charge in [-0.05, 0) is 60.1 Å². The van der Waals surface area contributed by atoms with E-state index >= 15 is 0 Å². The molecule has 2 aromatic carbocycles. The molecule has 1 atom stereocenters. The van der Waals surface area contributed by atoms with E-state index in [1.54, 1.807) is 0 Å². The van der Waals surface area contributed by atoms with Crippen molar-refractivity contribution in [1.29, 1.82) is 0 Å². The first-order valence-electron chi connectivity index (χ1n) is 18.4. The van der Waals surface area contributed by atoms with Crippen LogP contribution < -0.4 is 5.43 Å². The highest BCUT2D eigenvalue weighted by molar-refractivity contribution is 5.49. The Labute approximate surface area is 266 Å². The Kier molecular flexibility index (Phi) is 18.7. The minimum absolute atomic E-state index is 0.234. The van der Waals surface area contributed by atoms with Crippen molar-refractivity contribution in [2.75, 3.05) is 0 Å². The molecule has 3 rings (SSSR count). The molecule has 0 amide bonds. The first-order chi connectivity index (χ1) is 21.3. The fraction of sp³-hybridized carbons (Fsp3) is 0.610. The van der Waals surface area contributed by atoms with Gasteiger partial charge in [0.15, 0.2) is 0 Å². The zero-order valence-electron chi connectivity index (χ0n) is 28.0. The normalized spacial score (nSPS) is 14.7. The first kappa shape index (κ1) is 35.0. The molecule has 1 unspecified atom stereocenters. The van der Waals surface area contributed by atoms with Crippen molar-refractivity contribution < 1.29 is 0 Å². The van der Waals surface area contributed by atoms with Gasteiger partial charge in [0.1, 0.15) is 0 Å². The molecule has 0 fully saturated rings. The first-order valence-corrected chi connectivity index (χ1v) is 18.4. The molecule has 0 saturated heterocycles. The topological polar surface area (TPSA) is 15.3 Å². The van der Waals surface area contributed by atoms with E-state index in [1.807, 2.05) is 0 Å². The lowest BCUT2D eigenvalue weighted by Crippen LogP contribution is -2.26. The van der Waals surface area contributed by atoms with Gasteiger partial charge in [0.05, 0.1) is 6.04 Å². The van der Waals surface area contributed by atoms with Crippen molar-refractivity contribution in [3.8, 4) is 0 Å². The highest BCUT2D eigenvalue weighted by Crippen LogP contribution is 2.26. The number of rotatable bonds is 25. The Morgan fingerprint density at radius 2 is 0.953 bits per heavy atom. The molecule has 1 aliphatic heterocycles. The third kappa shape index (κ3) is 15.2. The second kappa shape index (κ2) is 23.0. The summed E-state index contributed by atoms with van der Waals surface area (Å²) in [5.41, 5.74) is 8.93. The minimum Gasteiger partial charge on any atom is -0.306 e. The lowest BCUT2D eigenvalue weighted by atomic mass is 10.0. The molecule has 0 spiro atoms. The van der Waals surface area contributed by atoms with E-state index < -0.39 is 0 Å². The summed E-state index contributed by atoms with van der Waals surface area (Å²) in [4.78, 5) is 0. The predicted octanol–water partition coefficient (Wildman–Crippen LogP) is 12.7. The molecule has 1 heterocycles. The number of hydrogen-bond donors (Lipinski definition) is 1. The summed E-state index contributed by atoms with van der Waals surface area (Å²) >= 11 is 0. The number of unbranched alkanes of at least 4 members (excludes halogenated alkanes) is 18. The van der Waals surface area contributed by atoms with Crippen LogP contribution in [0, 0.1) is 0 Å². The Hall–Kier alpha value is -2.48. The maximum atomic E-state index is 3.40. The molecule has 238 valence electrons. The summed E-state index contributed by atoms with van der Waals surface area (Å²) in [7, 11) is 0. The van der Waals surface area contributed by atoms with E-state index in [2.05, 4.69) is 97.4 Å². The average molecular weight is 585 g/mol. The number of benzene rings is 2. The monoisotopic (exact) mass is 585 g/mol. The third-order valence-electron chi connectivity index (χ3n) is 9.17. The molecule has 0 aliphatic carbocycles. The van der Waals surface area contributed by atoms with Crippen molar-refractivity contribution >= 4 is 6.08 Å². The van der Waals surface area contributed by atoms with Gasteiger partial charge in [-0.2, -0.15) is 0 Å². The lowest BCUT2D eigenvalue weighted by Gasteiger charge is -2.23. The number of nitrogens with zero attached hydrogens (tertiary/aromatic N) is 1. The summed E-state index contributed by atoms with van der Waals surface area (Å²) in [5, 5.41) is 2.20. The van der Waals surface area contributed by atoms with E-state index in [0.29, 0.717) is 0 Å². The van der Waals surface area contributed by atoms with Crippen LogP contribution in [0.3, 0.4) is 0 Å². The minimum atomic E-state index is 0.234. The standard InChI is InChI=1S/C41H64N2/c1-3-5-7-9-11-13-15-17-19-21-23-37-25-27-39(28-26-37)34-36-43-41(33-35-42-43)40-31-29-38(30-32-40)24-22-20-18-16-14-12-10-8-6-4-2/h25-36,41-42H,3-24H2,1-2H3. The summed E-state index contributed by atoms with van der Waals surface area (Å²) in [6, 6.07) is 18.7. The van der Waals surface area contributed by atoms with Crippen molar-refractivity contribution in [1.82, 2.24) is 10.4 Å². The van der Waals surface area contributed by atoms with Crippen molar-refractivity contribution in [2.45, 2.75) is 161 Å². The highest BCUT2D eigenvalue weighted by Gasteiger charge is 2.18. The van der Waals surface area contributed by atoms with E-state index in [1.165, 1.54) is 164 Å². The van der Waals surface area contributed by atoms with Crippen molar-refractivity contribution in [3.63, 3.8) is 0 Å². The van der Waals surface area contributed by atoms with Crippen LogP contribution in [0.5, 0.6) is 0 Å². The summed E-state index contributed by atoms with van der Waals surface area (Å²) in [6.45, 7) is 4.59. The molecule has 43 heavy (non-hydrogen) atoms. The molecule has 0 saturated carbocycles. The molecule has 2 nitrogen and oxygen atoms in total. The quantitative estimate of drug-likeness (QED) is 0.117. The molecule has 2 heteroatoms. The van der Waals surface area contributed by atoms with Crippen LogP contribution >= 0.6 is 0 Å². The zero-order chi connectivity index (χ0) is 30.2. The van der Waals surface area contributed by atoms with E-state index in [9.17, 15) is 0 Å². The van der Waals surface area contributed by atoms with Crippen molar-refractivity contribution in [2.24, 2.45) is 0 Å². The molecular weight excluding hydrogens is 520 g/mol. The van der Waals surface area contributed by atoms with Gasteiger partial charge in [-0.15, -0.1) is 0 Å². The molecule has 0 bridgehead atoms. The maximum Gasteiger partial charge on any atom is 0.0945 e. The van der Waals surface area contributed by atoms with Crippen LogP contribution in [0.4, 0.5) is 0 Å². The summed E-state index contributed by atoms with van der Waals surface area (Å²) in [6.07, 6.45) is 39.1. The second-order valence-electron chi connectivity index (χ2n) is 13.0. The lowest BCUT2D eigenvalue weighted by molar-refractivity contribution is 0.298. The fourth-order valence-electron chi connectivity index (χ4n) is 6.28. The van der Waals surface area contributed by atoms with Crippen LogP contribution in [-0.2, 0) is 12.8 Å². The largest absolute Gasteiger partial charge is 0.306 e. The Morgan fingerprint density at radius 1 is 0.535 bits per heavy atom. The van der Waals surface area contributed by atoms with Crippen LogP contribution in [-0.4, -0.2) is 5.01 Å². The predicted molar refractivity (Wildman–Crippen MR) is 190 cm³/mol. The van der Waals surface area contributed by atoms with E-state index in [0.717, 1.165) is 0 Å². The SMILES string of the molecule is CCCCCCCCCCCCc1ccc(C=CN2NC=CC2c2ccc(CCCCCCCCCCCC)cc2)cc1. The van der Waals surface area contributed by atoms with Crippen LogP contribution in [0.25, 0.3) is 6.08 Å². The Bertz CT molecular complexity index is 987. The maximum absolute atomic E-state index is 3.40. The molecule has 0 aromatic heterocycles. The highest BCUT2D eigenvalue weighted by atomic mass is 15.5. The Balaban J connectivity index is 1.29. The third-order valence-corrected chi connectivity index (χ3v) is 9.17. The molecule has 0 radical (unpaired) electrons. The average Bonchev–Trinajstić information content (AvgIpc) is 3.51. The summed E-state index contributed by atoms with van der Waals surface area (Å²) in [5.74, 6) is 0. The van der Waals surface area contributed by atoms with Gasteiger partial charge >= 0.3 is 0 Å². The number of hydrogen-bond acceptors (Lipinski definition) is 2. The van der Waals surface area contributed by atoms with Gasteiger partial charge in [-0.1, -0.05) is 178 Å².